The van der Waals surface area contributed by atoms with Crippen LogP contribution in [0, 0.1) is 0 Å². The molecule has 0 bridgehead atoms. The Bertz CT molecular complexity index is 350. The second-order valence-corrected chi connectivity index (χ2v) is 5.09. The second kappa shape index (κ2) is 6.23. The predicted octanol–water partition coefficient (Wildman–Crippen LogP) is 2.20. The lowest BCUT2D eigenvalue weighted by atomic mass is 10.1. The number of aryl methyl sites for hydroxylation is 1. The van der Waals surface area contributed by atoms with Gasteiger partial charge in [-0.15, -0.1) is 23.7 Å². The van der Waals surface area contributed by atoms with Gasteiger partial charge >= 0.3 is 0 Å². The Morgan fingerprint density at radius 1 is 1.56 bits per heavy atom. The number of halogens is 1. The van der Waals surface area contributed by atoms with Gasteiger partial charge in [-0.1, -0.05) is 6.92 Å². The molecule has 0 atom stereocenters. The molecule has 0 saturated heterocycles. The summed E-state index contributed by atoms with van der Waals surface area (Å²) < 4.78 is 0. The topological polar surface area (TPSA) is 55.1 Å². The van der Waals surface area contributed by atoms with E-state index in [9.17, 15) is 4.79 Å². The number of nitrogens with two attached hydrogens (primary N) is 1. The molecule has 0 aromatic carbocycles. The molecule has 3 nitrogen and oxygen atoms in total. The van der Waals surface area contributed by atoms with Gasteiger partial charge in [-0.05, 0) is 37.3 Å². The molecule has 0 aliphatic rings. The average Bonchev–Trinajstić information content (AvgIpc) is 2.64. The number of nitrogens with one attached hydrogen (secondary N) is 1. The summed E-state index contributed by atoms with van der Waals surface area (Å²) in [7, 11) is 0. The third kappa shape index (κ3) is 3.77. The third-order valence-electron chi connectivity index (χ3n) is 2.30. The number of hydrogen-bond acceptors (Lipinski definition) is 3. The fraction of sp³-hybridized carbons (Fsp3) is 0.545. The van der Waals surface area contributed by atoms with Crippen LogP contribution in [0.3, 0.4) is 0 Å². The molecule has 5 heteroatoms. The van der Waals surface area contributed by atoms with Gasteiger partial charge in [0.1, 0.15) is 0 Å². The summed E-state index contributed by atoms with van der Waals surface area (Å²) in [5, 5.41) is 4.88. The van der Waals surface area contributed by atoms with Crippen molar-refractivity contribution in [1.29, 1.82) is 0 Å². The Morgan fingerprint density at radius 2 is 2.19 bits per heavy atom. The summed E-state index contributed by atoms with van der Waals surface area (Å²) in [6.45, 7) is 6.33. The highest BCUT2D eigenvalue weighted by molar-refractivity contribution is 7.12. The van der Waals surface area contributed by atoms with Gasteiger partial charge in [-0.2, -0.15) is 0 Å². The molecular weight excluding hydrogens is 244 g/mol. The standard InChI is InChI=1S/C11H18N2OS.ClH/c1-4-8-5-6-15-9(8)10(14)13-11(2,3)7-12;/h5-6H,4,7,12H2,1-3H3,(H,13,14);1H. The van der Waals surface area contributed by atoms with Crippen molar-refractivity contribution in [3.63, 3.8) is 0 Å². The fourth-order valence-corrected chi connectivity index (χ4v) is 2.12. The Hall–Kier alpha value is -0.580. The first-order chi connectivity index (χ1) is 7.00. The van der Waals surface area contributed by atoms with Crippen LogP contribution in [0.1, 0.15) is 36.0 Å². The van der Waals surface area contributed by atoms with Crippen molar-refractivity contribution in [2.45, 2.75) is 32.7 Å². The molecule has 0 unspecified atom stereocenters. The van der Waals surface area contributed by atoms with Crippen LogP contribution < -0.4 is 11.1 Å². The van der Waals surface area contributed by atoms with E-state index in [2.05, 4.69) is 5.32 Å². The lowest BCUT2D eigenvalue weighted by Gasteiger charge is -2.24. The van der Waals surface area contributed by atoms with Gasteiger partial charge in [0, 0.05) is 12.1 Å². The summed E-state index contributed by atoms with van der Waals surface area (Å²) in [5.41, 5.74) is 6.33. The summed E-state index contributed by atoms with van der Waals surface area (Å²) in [5.74, 6) is -0.0164. The minimum absolute atomic E-state index is 0. The first-order valence-corrected chi connectivity index (χ1v) is 5.97. The fourth-order valence-electron chi connectivity index (χ4n) is 1.23. The molecule has 1 heterocycles. The van der Waals surface area contributed by atoms with Gasteiger partial charge in [-0.3, -0.25) is 4.79 Å². The van der Waals surface area contributed by atoms with Gasteiger partial charge in [0.25, 0.3) is 5.91 Å². The second-order valence-electron chi connectivity index (χ2n) is 4.17. The van der Waals surface area contributed by atoms with E-state index in [1.807, 2.05) is 32.2 Å². The molecule has 0 radical (unpaired) electrons. The molecule has 1 amide bonds. The maximum atomic E-state index is 11.9. The first-order valence-electron chi connectivity index (χ1n) is 5.09. The smallest absolute Gasteiger partial charge is 0.262 e. The number of thiophene rings is 1. The molecule has 16 heavy (non-hydrogen) atoms. The van der Waals surface area contributed by atoms with Gasteiger partial charge in [-0.25, -0.2) is 0 Å². The van der Waals surface area contributed by atoms with Crippen LogP contribution in [0.4, 0.5) is 0 Å². The van der Waals surface area contributed by atoms with E-state index >= 15 is 0 Å². The zero-order valence-corrected chi connectivity index (χ0v) is 11.5. The van der Waals surface area contributed by atoms with Crippen LogP contribution in [0.5, 0.6) is 0 Å². The van der Waals surface area contributed by atoms with E-state index in [0.717, 1.165) is 16.9 Å². The Balaban J connectivity index is 0.00000225. The van der Waals surface area contributed by atoms with Gasteiger partial charge in [0.2, 0.25) is 0 Å². The molecular formula is C11H19ClN2OS. The van der Waals surface area contributed by atoms with Crippen LogP contribution in [0.2, 0.25) is 0 Å². The van der Waals surface area contributed by atoms with Crippen LogP contribution in [0.25, 0.3) is 0 Å². The molecule has 0 fully saturated rings. The van der Waals surface area contributed by atoms with Crippen molar-refractivity contribution in [2.24, 2.45) is 5.73 Å². The zero-order chi connectivity index (χ0) is 11.5. The summed E-state index contributed by atoms with van der Waals surface area (Å²) in [6.07, 6.45) is 0.884. The van der Waals surface area contributed by atoms with Crippen molar-refractivity contribution < 1.29 is 4.79 Å². The number of hydrogen-bond donors (Lipinski definition) is 2. The lowest BCUT2D eigenvalue weighted by molar-refractivity contribution is 0.0919. The zero-order valence-electron chi connectivity index (χ0n) is 9.87. The summed E-state index contributed by atoms with van der Waals surface area (Å²) in [4.78, 5) is 12.7. The van der Waals surface area contributed by atoms with Crippen molar-refractivity contribution in [3.05, 3.63) is 21.9 Å². The van der Waals surface area contributed by atoms with E-state index in [-0.39, 0.29) is 23.9 Å². The molecule has 92 valence electrons. The highest BCUT2D eigenvalue weighted by atomic mass is 35.5. The van der Waals surface area contributed by atoms with Crippen LogP contribution in [-0.2, 0) is 6.42 Å². The van der Waals surface area contributed by atoms with Crippen molar-refractivity contribution in [2.75, 3.05) is 6.54 Å². The molecule has 0 saturated carbocycles. The average molecular weight is 263 g/mol. The van der Waals surface area contributed by atoms with Crippen LogP contribution in [-0.4, -0.2) is 18.0 Å². The quantitative estimate of drug-likeness (QED) is 0.874. The largest absolute Gasteiger partial charge is 0.345 e. The SMILES string of the molecule is CCc1ccsc1C(=O)NC(C)(C)CN.Cl. The Labute approximate surface area is 107 Å². The van der Waals surface area contributed by atoms with E-state index in [4.69, 9.17) is 5.73 Å². The normalized spacial score (nSPS) is 10.8. The maximum Gasteiger partial charge on any atom is 0.262 e. The van der Waals surface area contributed by atoms with Crippen LogP contribution in [0.15, 0.2) is 11.4 Å². The molecule has 1 rings (SSSR count). The number of amides is 1. The molecule has 1 aromatic heterocycles. The Kier molecular flexibility index (Phi) is 6.00. The van der Waals surface area contributed by atoms with Crippen molar-refractivity contribution in [3.8, 4) is 0 Å². The minimum atomic E-state index is -0.341. The lowest BCUT2D eigenvalue weighted by Crippen LogP contribution is -2.48. The minimum Gasteiger partial charge on any atom is -0.345 e. The van der Waals surface area contributed by atoms with Crippen LogP contribution >= 0.6 is 23.7 Å². The van der Waals surface area contributed by atoms with E-state index < -0.39 is 0 Å². The molecule has 3 N–H and O–H groups in total. The van der Waals surface area contributed by atoms with Crippen molar-refractivity contribution in [1.82, 2.24) is 5.32 Å². The third-order valence-corrected chi connectivity index (χ3v) is 3.25. The predicted molar refractivity (Wildman–Crippen MR) is 71.5 cm³/mol. The van der Waals surface area contributed by atoms with E-state index in [1.54, 1.807) is 0 Å². The van der Waals surface area contributed by atoms with E-state index in [1.165, 1.54) is 11.3 Å². The summed E-state index contributed by atoms with van der Waals surface area (Å²) >= 11 is 1.48. The molecule has 0 aliphatic carbocycles. The van der Waals surface area contributed by atoms with E-state index in [0.29, 0.717) is 6.54 Å². The van der Waals surface area contributed by atoms with Gasteiger partial charge < -0.3 is 11.1 Å². The van der Waals surface area contributed by atoms with Crippen molar-refractivity contribution >= 4 is 29.7 Å². The first kappa shape index (κ1) is 15.4. The summed E-state index contributed by atoms with van der Waals surface area (Å²) in [6, 6.07) is 2.00. The monoisotopic (exact) mass is 262 g/mol. The number of rotatable bonds is 4. The molecule has 0 spiro atoms. The van der Waals surface area contributed by atoms with Gasteiger partial charge in [0.15, 0.2) is 0 Å². The Morgan fingerprint density at radius 3 is 2.69 bits per heavy atom. The highest BCUT2D eigenvalue weighted by Crippen LogP contribution is 2.18. The molecule has 0 aliphatic heterocycles. The number of carbonyl (C=O) groups excluding carboxylic acids is 1. The highest BCUT2D eigenvalue weighted by Gasteiger charge is 2.21. The molecule has 1 aromatic rings. The number of carbonyl (C=O) groups is 1. The maximum absolute atomic E-state index is 11.9. The van der Waals surface area contributed by atoms with Gasteiger partial charge in [0.05, 0.1) is 4.88 Å².